The van der Waals surface area contributed by atoms with Crippen molar-refractivity contribution in [2.75, 3.05) is 5.32 Å². The Hall–Kier alpha value is -1.45. The highest BCUT2D eigenvalue weighted by atomic mass is 35.5. The van der Waals surface area contributed by atoms with E-state index in [1.165, 1.54) is 18.2 Å². The molecule has 0 bridgehead atoms. The fraction of sp³-hybridized carbons (Fsp3) is 0.500. The molecule has 9 heteroatoms. The minimum absolute atomic E-state index is 0.0144. The molecule has 0 aliphatic carbocycles. The summed E-state index contributed by atoms with van der Waals surface area (Å²) < 4.78 is 5.34. The summed E-state index contributed by atoms with van der Waals surface area (Å²) in [5.41, 5.74) is 0.00605. The van der Waals surface area contributed by atoms with Crippen LogP contribution in [0, 0.1) is 10.1 Å². The summed E-state index contributed by atoms with van der Waals surface area (Å²) in [7, 11) is 0. The Morgan fingerprint density at radius 1 is 1.29 bits per heavy atom. The Morgan fingerprint density at radius 2 is 1.95 bits per heavy atom. The maximum absolute atomic E-state index is 10.8. The summed E-state index contributed by atoms with van der Waals surface area (Å²) in [5, 5.41) is 42.7. The number of aliphatic hydroxyl groups is 3. The van der Waals surface area contributed by atoms with Gasteiger partial charge >= 0.3 is 0 Å². The number of hydrogen-bond acceptors (Lipinski definition) is 7. The molecule has 0 unspecified atom stereocenters. The van der Waals surface area contributed by atoms with Gasteiger partial charge in [-0.2, -0.15) is 0 Å². The number of nitro groups is 1. The molecule has 0 radical (unpaired) electrons. The monoisotopic (exact) mass is 318 g/mol. The second-order valence-corrected chi connectivity index (χ2v) is 5.21. The summed E-state index contributed by atoms with van der Waals surface area (Å²) >= 11 is 5.70. The van der Waals surface area contributed by atoms with E-state index in [4.69, 9.17) is 16.3 Å². The molecule has 1 heterocycles. The van der Waals surface area contributed by atoms with E-state index < -0.39 is 35.6 Å². The van der Waals surface area contributed by atoms with Crippen LogP contribution in [0.25, 0.3) is 0 Å². The highest BCUT2D eigenvalue weighted by Crippen LogP contribution is 2.29. The number of aliphatic hydroxyl groups excluding tert-OH is 3. The lowest BCUT2D eigenvalue weighted by Crippen LogP contribution is -2.58. The zero-order valence-corrected chi connectivity index (χ0v) is 11.8. The summed E-state index contributed by atoms with van der Waals surface area (Å²) in [6.45, 7) is 1.54. The van der Waals surface area contributed by atoms with Gasteiger partial charge in [-0.15, -0.1) is 0 Å². The Kier molecular flexibility index (Phi) is 4.64. The first kappa shape index (κ1) is 15.9. The van der Waals surface area contributed by atoms with Crippen molar-refractivity contribution in [2.24, 2.45) is 0 Å². The van der Waals surface area contributed by atoms with Gasteiger partial charge in [-0.25, -0.2) is 0 Å². The van der Waals surface area contributed by atoms with Gasteiger partial charge in [0.1, 0.15) is 23.3 Å². The number of anilines is 1. The van der Waals surface area contributed by atoms with E-state index in [-0.39, 0.29) is 10.7 Å². The van der Waals surface area contributed by atoms with Crippen molar-refractivity contribution in [1.82, 2.24) is 0 Å². The van der Waals surface area contributed by atoms with Crippen LogP contribution in [0.2, 0.25) is 5.02 Å². The molecule has 8 nitrogen and oxygen atoms in total. The molecule has 0 saturated carbocycles. The Labute approximate surface area is 125 Å². The van der Waals surface area contributed by atoms with Crippen LogP contribution in [0.1, 0.15) is 6.92 Å². The molecule has 5 atom stereocenters. The van der Waals surface area contributed by atoms with Gasteiger partial charge in [-0.1, -0.05) is 11.6 Å². The molecular weight excluding hydrogens is 304 g/mol. The molecule has 2 rings (SSSR count). The van der Waals surface area contributed by atoms with E-state index in [9.17, 15) is 25.4 Å². The van der Waals surface area contributed by atoms with Gasteiger partial charge in [0, 0.05) is 11.8 Å². The molecule has 1 aliphatic rings. The van der Waals surface area contributed by atoms with Crippen LogP contribution in [0.3, 0.4) is 0 Å². The van der Waals surface area contributed by atoms with E-state index in [2.05, 4.69) is 5.32 Å². The normalized spacial score (nSPS) is 32.7. The number of benzene rings is 1. The van der Waals surface area contributed by atoms with E-state index in [1.807, 2.05) is 0 Å². The van der Waals surface area contributed by atoms with Crippen LogP contribution >= 0.6 is 11.6 Å². The third-order valence-corrected chi connectivity index (χ3v) is 3.62. The third kappa shape index (κ3) is 3.25. The largest absolute Gasteiger partial charge is 0.388 e. The van der Waals surface area contributed by atoms with Gasteiger partial charge in [0.05, 0.1) is 11.0 Å². The first-order valence-electron chi connectivity index (χ1n) is 6.21. The van der Waals surface area contributed by atoms with Crippen LogP contribution in [-0.2, 0) is 4.74 Å². The molecule has 1 aliphatic heterocycles. The smallest absolute Gasteiger partial charge is 0.289 e. The van der Waals surface area contributed by atoms with Gasteiger partial charge in [0.25, 0.3) is 5.69 Å². The molecule has 0 spiro atoms. The van der Waals surface area contributed by atoms with Gasteiger partial charge < -0.3 is 25.4 Å². The van der Waals surface area contributed by atoms with Crippen molar-refractivity contribution in [3.05, 3.63) is 33.3 Å². The van der Waals surface area contributed by atoms with Crippen molar-refractivity contribution in [2.45, 2.75) is 37.6 Å². The zero-order chi connectivity index (χ0) is 15.7. The molecule has 0 amide bonds. The molecule has 116 valence electrons. The van der Waals surface area contributed by atoms with E-state index in [0.29, 0.717) is 5.69 Å². The quantitative estimate of drug-likeness (QED) is 0.472. The number of rotatable bonds is 3. The molecule has 0 aromatic heterocycles. The van der Waals surface area contributed by atoms with Crippen LogP contribution in [0.4, 0.5) is 11.4 Å². The Morgan fingerprint density at radius 3 is 2.57 bits per heavy atom. The first-order valence-corrected chi connectivity index (χ1v) is 6.59. The van der Waals surface area contributed by atoms with Crippen LogP contribution < -0.4 is 5.32 Å². The fourth-order valence-electron chi connectivity index (χ4n) is 2.08. The van der Waals surface area contributed by atoms with E-state index in [1.54, 1.807) is 6.92 Å². The molecule has 4 N–H and O–H groups in total. The predicted octanol–water partition coefficient (Wildman–Crippen LogP) is 0.488. The maximum atomic E-state index is 10.8. The van der Waals surface area contributed by atoms with Crippen LogP contribution in [-0.4, -0.2) is 50.9 Å². The summed E-state index contributed by atoms with van der Waals surface area (Å²) in [4.78, 5) is 10.2. The van der Waals surface area contributed by atoms with E-state index >= 15 is 0 Å². The number of hydrogen-bond donors (Lipinski definition) is 4. The summed E-state index contributed by atoms with van der Waals surface area (Å²) in [5.74, 6) is 0. The van der Waals surface area contributed by atoms with Crippen molar-refractivity contribution < 1.29 is 25.0 Å². The molecule has 21 heavy (non-hydrogen) atoms. The molecule has 1 aromatic carbocycles. The highest BCUT2D eigenvalue weighted by Gasteiger charge is 2.41. The Bertz CT molecular complexity index is 542. The average molecular weight is 319 g/mol. The van der Waals surface area contributed by atoms with E-state index in [0.717, 1.165) is 0 Å². The number of halogens is 1. The molecule has 1 aromatic rings. The minimum atomic E-state index is -1.38. The molecule has 1 fully saturated rings. The summed E-state index contributed by atoms with van der Waals surface area (Å²) in [6, 6.07) is 4.01. The van der Waals surface area contributed by atoms with Crippen LogP contribution in [0.15, 0.2) is 18.2 Å². The predicted molar refractivity (Wildman–Crippen MR) is 74.1 cm³/mol. The van der Waals surface area contributed by atoms with Crippen molar-refractivity contribution in [3.8, 4) is 0 Å². The Balaban J connectivity index is 2.18. The standard InChI is InChI=1S/C12H15ClN2O6/c1-5-9(16)10(17)11(18)12(21-5)14-6-2-3-7(13)8(4-6)15(19)20/h2-5,9-12,14,16-18H,1H3/t5-,9+,10+,11+,12-/m0/s1. The van der Waals surface area contributed by atoms with Crippen LogP contribution in [0.5, 0.6) is 0 Å². The van der Waals surface area contributed by atoms with Gasteiger partial charge in [0.15, 0.2) is 6.23 Å². The zero-order valence-electron chi connectivity index (χ0n) is 11.0. The fourth-order valence-corrected chi connectivity index (χ4v) is 2.26. The number of nitrogens with one attached hydrogen (secondary N) is 1. The lowest BCUT2D eigenvalue weighted by molar-refractivity contribution is -0.384. The first-order chi connectivity index (χ1) is 9.81. The maximum Gasteiger partial charge on any atom is 0.289 e. The van der Waals surface area contributed by atoms with Gasteiger partial charge in [0.2, 0.25) is 0 Å². The number of nitro benzene ring substituents is 1. The van der Waals surface area contributed by atoms with Gasteiger partial charge in [-0.05, 0) is 19.1 Å². The van der Waals surface area contributed by atoms with Gasteiger partial charge in [-0.3, -0.25) is 10.1 Å². The highest BCUT2D eigenvalue weighted by molar-refractivity contribution is 6.32. The summed E-state index contributed by atoms with van der Waals surface area (Å²) in [6.07, 6.45) is -5.69. The topological polar surface area (TPSA) is 125 Å². The number of nitrogens with zero attached hydrogens (tertiary/aromatic N) is 1. The second-order valence-electron chi connectivity index (χ2n) is 4.80. The lowest BCUT2D eigenvalue weighted by Gasteiger charge is -2.39. The van der Waals surface area contributed by atoms with Crippen molar-refractivity contribution in [3.63, 3.8) is 0 Å². The lowest BCUT2D eigenvalue weighted by atomic mass is 9.99. The SMILES string of the molecule is C[C@@H]1O[C@H](Nc2ccc(Cl)c([N+](=O)[O-])c2)[C@H](O)[C@H](O)[C@@H]1O. The number of ether oxygens (including phenoxy) is 1. The van der Waals surface area contributed by atoms with Crippen molar-refractivity contribution >= 4 is 23.0 Å². The van der Waals surface area contributed by atoms with Crippen molar-refractivity contribution in [1.29, 1.82) is 0 Å². The average Bonchev–Trinajstić information content (AvgIpc) is 2.44. The second kappa shape index (κ2) is 6.12. The third-order valence-electron chi connectivity index (χ3n) is 3.30. The molecular formula is C12H15ClN2O6. The molecule has 1 saturated heterocycles. The minimum Gasteiger partial charge on any atom is -0.388 e.